The quantitative estimate of drug-likeness (QED) is 0.300. The molecule has 3 rings (SSSR count). The Morgan fingerprint density at radius 1 is 1.05 bits per heavy atom. The number of nitrogens with two attached hydrogens (primary N) is 2. The van der Waals surface area contributed by atoms with E-state index >= 15 is 0 Å². The van der Waals surface area contributed by atoms with Gasteiger partial charge in [-0.25, -0.2) is 0 Å². The summed E-state index contributed by atoms with van der Waals surface area (Å²) in [5.41, 5.74) is 12.9. The Morgan fingerprint density at radius 3 is 2.25 bits per heavy atom. The highest BCUT2D eigenvalue weighted by Gasteiger charge is 2.37. The summed E-state index contributed by atoms with van der Waals surface area (Å²) >= 11 is 0.734. The molecule has 1 heterocycles. The van der Waals surface area contributed by atoms with Gasteiger partial charge in [0.05, 0.1) is 25.6 Å². The first-order valence-electron chi connectivity index (χ1n) is 12.7. The molecule has 0 radical (unpaired) electrons. The second-order valence-corrected chi connectivity index (χ2v) is 10.5. The van der Waals surface area contributed by atoms with E-state index in [-0.39, 0.29) is 21.9 Å². The monoisotopic (exact) mass is 568 g/mol. The molecule has 5 N–H and O–H groups in total. The second-order valence-electron chi connectivity index (χ2n) is 9.71. The van der Waals surface area contributed by atoms with E-state index in [1.54, 1.807) is 30.3 Å². The minimum absolute atomic E-state index is 0.0384. The Kier molecular flexibility index (Phi) is 9.94. The van der Waals surface area contributed by atoms with Crippen LogP contribution in [-0.2, 0) is 4.79 Å². The van der Waals surface area contributed by atoms with Crippen LogP contribution in [-0.4, -0.2) is 57.0 Å². The Morgan fingerprint density at radius 2 is 1.73 bits per heavy atom. The smallest absolute Gasteiger partial charge is 0.273 e. The average molecular weight is 569 g/mol. The first kappa shape index (κ1) is 30.2. The third-order valence-corrected chi connectivity index (χ3v) is 7.12. The zero-order valence-electron chi connectivity index (χ0n) is 23.6. The number of carbonyl (C=O) groups is 3. The normalized spacial score (nSPS) is 11.6. The van der Waals surface area contributed by atoms with Crippen molar-refractivity contribution in [3.05, 3.63) is 58.6 Å². The SMILES string of the molecule is COc1ccc(OC)c(N(C(=O)c2snc(C(N)=O)c2N)[C@H](C(=O)NCCC(C)C)c2ccc(N(C)C)cc2)c1. The summed E-state index contributed by atoms with van der Waals surface area (Å²) < 4.78 is 15.0. The van der Waals surface area contributed by atoms with Crippen molar-refractivity contribution < 1.29 is 23.9 Å². The number of hydrogen-bond donors (Lipinski definition) is 3. The van der Waals surface area contributed by atoms with Crippen LogP contribution in [0.1, 0.15) is 52.0 Å². The van der Waals surface area contributed by atoms with E-state index in [9.17, 15) is 14.4 Å². The maximum absolute atomic E-state index is 14.3. The van der Waals surface area contributed by atoms with Gasteiger partial charge in [0, 0.05) is 32.4 Å². The first-order valence-corrected chi connectivity index (χ1v) is 13.4. The van der Waals surface area contributed by atoms with E-state index in [2.05, 4.69) is 23.5 Å². The van der Waals surface area contributed by atoms with Crippen molar-refractivity contribution in [3.63, 3.8) is 0 Å². The number of benzene rings is 2. The van der Waals surface area contributed by atoms with Gasteiger partial charge in [-0.1, -0.05) is 26.0 Å². The lowest BCUT2D eigenvalue weighted by atomic mass is 10.0. The number of nitrogen functional groups attached to an aromatic ring is 1. The highest BCUT2D eigenvalue weighted by Crippen LogP contribution is 2.40. The van der Waals surface area contributed by atoms with Gasteiger partial charge in [0.15, 0.2) is 5.69 Å². The highest BCUT2D eigenvalue weighted by molar-refractivity contribution is 7.09. The third kappa shape index (κ3) is 6.63. The summed E-state index contributed by atoms with van der Waals surface area (Å²) in [7, 11) is 6.77. The van der Waals surface area contributed by atoms with Crippen molar-refractivity contribution in [2.45, 2.75) is 26.3 Å². The summed E-state index contributed by atoms with van der Waals surface area (Å²) in [5, 5.41) is 2.98. The van der Waals surface area contributed by atoms with Crippen LogP contribution < -0.4 is 36.1 Å². The van der Waals surface area contributed by atoms with Crippen LogP contribution in [0.5, 0.6) is 11.5 Å². The van der Waals surface area contributed by atoms with Crippen molar-refractivity contribution in [3.8, 4) is 11.5 Å². The molecule has 0 saturated carbocycles. The number of amides is 3. The Labute approximate surface area is 238 Å². The van der Waals surface area contributed by atoms with Crippen molar-refractivity contribution in [2.75, 3.05) is 50.4 Å². The van der Waals surface area contributed by atoms with Crippen LogP contribution in [0.2, 0.25) is 0 Å². The number of rotatable bonds is 12. The van der Waals surface area contributed by atoms with Gasteiger partial charge in [-0.15, -0.1) is 0 Å². The Bertz CT molecular complexity index is 1360. The van der Waals surface area contributed by atoms with E-state index < -0.39 is 23.8 Å². The predicted octanol–water partition coefficient (Wildman–Crippen LogP) is 3.46. The van der Waals surface area contributed by atoms with Gasteiger partial charge in [-0.05, 0) is 53.7 Å². The number of nitrogens with zero attached hydrogens (tertiary/aromatic N) is 3. The number of carbonyl (C=O) groups excluding carboxylic acids is 3. The Hall–Kier alpha value is -4.32. The third-order valence-electron chi connectivity index (χ3n) is 6.27. The van der Waals surface area contributed by atoms with E-state index in [1.165, 1.54) is 19.1 Å². The Balaban J connectivity index is 2.27. The molecule has 40 heavy (non-hydrogen) atoms. The van der Waals surface area contributed by atoms with Crippen molar-refractivity contribution in [1.82, 2.24) is 9.69 Å². The molecule has 0 bridgehead atoms. The topological polar surface area (TPSA) is 153 Å². The number of anilines is 3. The van der Waals surface area contributed by atoms with Gasteiger partial charge >= 0.3 is 0 Å². The minimum atomic E-state index is -1.14. The van der Waals surface area contributed by atoms with Crippen LogP contribution in [0, 0.1) is 5.92 Å². The molecule has 12 heteroatoms. The molecule has 3 aromatic rings. The summed E-state index contributed by atoms with van der Waals surface area (Å²) in [4.78, 5) is 43.3. The molecule has 0 aliphatic carbocycles. The molecule has 2 aromatic carbocycles. The maximum Gasteiger partial charge on any atom is 0.273 e. The molecule has 1 atom stereocenters. The van der Waals surface area contributed by atoms with Gasteiger partial charge in [-0.3, -0.25) is 19.3 Å². The fourth-order valence-electron chi connectivity index (χ4n) is 4.04. The predicted molar refractivity (Wildman–Crippen MR) is 157 cm³/mol. The first-order chi connectivity index (χ1) is 19.0. The van der Waals surface area contributed by atoms with Crippen LogP contribution in [0.15, 0.2) is 42.5 Å². The van der Waals surface area contributed by atoms with Crippen molar-refractivity contribution in [1.29, 1.82) is 0 Å². The van der Waals surface area contributed by atoms with E-state index in [1.807, 2.05) is 31.1 Å². The van der Waals surface area contributed by atoms with Crippen LogP contribution >= 0.6 is 11.5 Å². The molecular weight excluding hydrogens is 532 g/mol. The number of ether oxygens (including phenoxy) is 2. The summed E-state index contributed by atoms with van der Waals surface area (Å²) in [5.74, 6) is -0.813. The molecule has 0 spiro atoms. The van der Waals surface area contributed by atoms with Gasteiger partial charge < -0.3 is 31.2 Å². The summed E-state index contributed by atoms with van der Waals surface area (Å²) in [6, 6.07) is 11.1. The minimum Gasteiger partial charge on any atom is -0.497 e. The van der Waals surface area contributed by atoms with E-state index in [4.69, 9.17) is 20.9 Å². The molecule has 0 unspecified atom stereocenters. The molecule has 0 saturated heterocycles. The largest absolute Gasteiger partial charge is 0.497 e. The van der Waals surface area contributed by atoms with E-state index in [0.29, 0.717) is 29.5 Å². The molecular formula is C28H36N6O5S. The zero-order valence-corrected chi connectivity index (χ0v) is 24.4. The zero-order chi connectivity index (χ0) is 29.6. The lowest BCUT2D eigenvalue weighted by Gasteiger charge is -2.32. The molecule has 11 nitrogen and oxygen atoms in total. The molecule has 0 aliphatic rings. The fraction of sp³-hybridized carbons (Fsp3) is 0.357. The van der Waals surface area contributed by atoms with Crippen LogP contribution in [0.3, 0.4) is 0 Å². The standard InChI is InChI=1S/C28H36N6O5S/c1-16(2)13-14-31-27(36)24(17-7-9-18(10-8-17)33(3)4)34(20-15-19(38-5)11-12-21(20)39-6)28(37)25-22(29)23(26(30)35)32-40-25/h7-12,15-16,24H,13-14,29H2,1-6H3,(H2,30,35)(H,31,36)/t24-/m0/s1. The van der Waals surface area contributed by atoms with Crippen molar-refractivity contribution in [2.24, 2.45) is 11.7 Å². The van der Waals surface area contributed by atoms with Gasteiger partial charge in [0.2, 0.25) is 5.91 Å². The maximum atomic E-state index is 14.3. The van der Waals surface area contributed by atoms with Gasteiger partial charge in [0.25, 0.3) is 11.8 Å². The molecule has 0 aliphatic heterocycles. The molecule has 214 valence electrons. The molecule has 0 fully saturated rings. The van der Waals surface area contributed by atoms with Crippen LogP contribution in [0.4, 0.5) is 17.1 Å². The van der Waals surface area contributed by atoms with Gasteiger partial charge in [0.1, 0.15) is 22.4 Å². The summed E-state index contributed by atoms with van der Waals surface area (Å²) in [6.45, 7) is 4.53. The summed E-state index contributed by atoms with van der Waals surface area (Å²) in [6.07, 6.45) is 0.748. The lowest BCUT2D eigenvalue weighted by Crippen LogP contribution is -2.44. The van der Waals surface area contributed by atoms with Gasteiger partial charge in [-0.2, -0.15) is 4.37 Å². The number of methoxy groups -OCH3 is 2. The van der Waals surface area contributed by atoms with Crippen LogP contribution in [0.25, 0.3) is 0 Å². The number of aromatic nitrogens is 1. The lowest BCUT2D eigenvalue weighted by molar-refractivity contribution is -0.122. The highest BCUT2D eigenvalue weighted by atomic mass is 32.1. The average Bonchev–Trinajstić information content (AvgIpc) is 3.32. The van der Waals surface area contributed by atoms with E-state index in [0.717, 1.165) is 23.6 Å². The number of hydrogen-bond acceptors (Lipinski definition) is 9. The second kappa shape index (κ2) is 13.2. The fourth-order valence-corrected chi connectivity index (χ4v) is 4.78. The number of nitrogens with one attached hydrogen (secondary N) is 1. The van der Waals surface area contributed by atoms with Crippen molar-refractivity contribution >= 4 is 46.3 Å². The number of primary amides is 1. The molecule has 1 aromatic heterocycles. The molecule has 3 amide bonds.